The Hall–Kier alpha value is -4.04. The zero-order valence-corrected chi connectivity index (χ0v) is 24.3. The normalized spacial score (nSPS) is 19.4. The van der Waals surface area contributed by atoms with Gasteiger partial charge in [0, 0.05) is 60.1 Å². The first-order chi connectivity index (χ1) is 20.4. The number of aromatic nitrogens is 1. The van der Waals surface area contributed by atoms with Crippen molar-refractivity contribution in [1.29, 1.82) is 0 Å². The van der Waals surface area contributed by atoms with Crippen LogP contribution in [0.5, 0.6) is 0 Å². The van der Waals surface area contributed by atoms with Crippen LogP contribution in [0.1, 0.15) is 60.5 Å². The van der Waals surface area contributed by atoms with Gasteiger partial charge in [0.25, 0.3) is 11.5 Å². The molecular formula is C33H36ClN5O3. The van der Waals surface area contributed by atoms with E-state index in [0.29, 0.717) is 47.5 Å². The van der Waals surface area contributed by atoms with Crippen molar-refractivity contribution in [1.82, 2.24) is 9.88 Å². The molecule has 2 atom stereocenters. The number of hydrogen-bond acceptors (Lipinski definition) is 4. The summed E-state index contributed by atoms with van der Waals surface area (Å²) in [6.45, 7) is 2.73. The molecule has 1 aliphatic carbocycles. The number of carbonyl (C=O) groups is 2. The Bertz CT molecular complexity index is 1560. The van der Waals surface area contributed by atoms with E-state index in [1.54, 1.807) is 36.4 Å². The first-order valence-corrected chi connectivity index (χ1v) is 15.2. The van der Waals surface area contributed by atoms with Crippen LogP contribution in [0.2, 0.25) is 5.02 Å². The topological polar surface area (TPSA) is 95.5 Å². The van der Waals surface area contributed by atoms with E-state index in [9.17, 15) is 14.4 Å². The number of allylic oxidation sites excluding steroid dienone is 1. The third-order valence-corrected chi connectivity index (χ3v) is 8.80. The number of piperidine rings is 1. The molecule has 1 aromatic heterocycles. The first kappa shape index (κ1) is 28.1. The second kappa shape index (κ2) is 12.4. The summed E-state index contributed by atoms with van der Waals surface area (Å²) in [6, 6.07) is 17.5. The lowest BCUT2D eigenvalue weighted by Crippen LogP contribution is -2.47. The van der Waals surface area contributed by atoms with Gasteiger partial charge in [0.2, 0.25) is 0 Å². The molecule has 0 spiro atoms. The number of anilines is 3. The highest BCUT2D eigenvalue weighted by Gasteiger charge is 2.35. The standard InChI is InChI=1S/C33H36ClN5O3/c34-26-10-12-27(13-11-26)36-33(42)37-28-18-24(32(41)35-16-15-22-5-2-1-3-6-22)9-14-30(28)38-19-23-17-25(21-38)29-7-4-8-31(40)39(29)20-23/h4-5,7-14,18,23,25H,1-3,6,15-17,19-21H2,(H,35,41)(H2,36,37,42)/t23-,25+/m1/s1. The third kappa shape index (κ3) is 6.39. The lowest BCUT2D eigenvalue weighted by molar-refractivity contribution is 0.0954. The van der Waals surface area contributed by atoms with Gasteiger partial charge in [-0.3, -0.25) is 9.59 Å². The van der Waals surface area contributed by atoms with E-state index < -0.39 is 6.03 Å². The van der Waals surface area contributed by atoms with Crippen molar-refractivity contribution in [2.45, 2.75) is 51.0 Å². The molecule has 3 amide bonds. The second-order valence-electron chi connectivity index (χ2n) is 11.5. The Morgan fingerprint density at radius 3 is 2.62 bits per heavy atom. The summed E-state index contributed by atoms with van der Waals surface area (Å²) in [6.07, 6.45) is 8.88. The largest absolute Gasteiger partial charge is 0.369 e. The average Bonchev–Trinajstić information content (AvgIpc) is 2.99. The van der Waals surface area contributed by atoms with Crippen LogP contribution in [0, 0.1) is 5.92 Å². The molecule has 2 bridgehead atoms. The van der Waals surface area contributed by atoms with Crippen LogP contribution in [0.15, 0.2) is 77.1 Å². The number of carbonyl (C=O) groups excluding carboxylic acids is 2. The molecular weight excluding hydrogens is 550 g/mol. The van der Waals surface area contributed by atoms with Crippen molar-refractivity contribution >= 4 is 40.6 Å². The van der Waals surface area contributed by atoms with Crippen molar-refractivity contribution in [2.24, 2.45) is 5.92 Å². The molecule has 0 radical (unpaired) electrons. The average molecular weight is 586 g/mol. The molecule has 0 saturated carbocycles. The Morgan fingerprint density at radius 2 is 1.81 bits per heavy atom. The van der Waals surface area contributed by atoms with Gasteiger partial charge < -0.3 is 25.4 Å². The summed E-state index contributed by atoms with van der Waals surface area (Å²) in [5, 5.41) is 9.49. The Balaban J connectivity index is 1.23. The van der Waals surface area contributed by atoms with E-state index >= 15 is 0 Å². The minimum Gasteiger partial charge on any atom is -0.369 e. The number of benzene rings is 2. The summed E-state index contributed by atoms with van der Waals surface area (Å²) in [7, 11) is 0. The van der Waals surface area contributed by atoms with Crippen LogP contribution in [0.3, 0.4) is 0 Å². The van der Waals surface area contributed by atoms with E-state index in [0.717, 1.165) is 43.6 Å². The van der Waals surface area contributed by atoms with Crippen LogP contribution >= 0.6 is 11.6 Å². The maximum atomic E-state index is 13.1. The predicted molar refractivity (Wildman–Crippen MR) is 168 cm³/mol. The van der Waals surface area contributed by atoms with E-state index in [1.807, 2.05) is 28.8 Å². The number of hydrogen-bond donors (Lipinski definition) is 3. The Labute approximate surface area is 250 Å². The van der Waals surface area contributed by atoms with Crippen LogP contribution < -0.4 is 26.4 Å². The smallest absolute Gasteiger partial charge is 0.323 e. The van der Waals surface area contributed by atoms with Gasteiger partial charge in [-0.25, -0.2) is 4.79 Å². The second-order valence-corrected chi connectivity index (χ2v) is 12.0. The summed E-state index contributed by atoms with van der Waals surface area (Å²) >= 11 is 6.00. The number of rotatable bonds is 7. The number of pyridine rings is 1. The molecule has 3 aromatic rings. The maximum Gasteiger partial charge on any atom is 0.323 e. The number of nitrogens with one attached hydrogen (secondary N) is 3. The molecule has 218 valence electrons. The summed E-state index contributed by atoms with van der Waals surface area (Å²) in [4.78, 5) is 41.0. The van der Waals surface area contributed by atoms with E-state index in [1.165, 1.54) is 18.4 Å². The van der Waals surface area contributed by atoms with Gasteiger partial charge in [-0.05, 0) is 93.0 Å². The molecule has 2 aliphatic heterocycles. The summed E-state index contributed by atoms with van der Waals surface area (Å²) < 4.78 is 1.91. The fourth-order valence-corrected chi connectivity index (χ4v) is 6.66. The monoisotopic (exact) mass is 585 g/mol. The Morgan fingerprint density at radius 1 is 0.952 bits per heavy atom. The number of urea groups is 1. The molecule has 3 aliphatic rings. The highest BCUT2D eigenvalue weighted by Crippen LogP contribution is 2.39. The number of fused-ring (bicyclic) bond motifs is 4. The van der Waals surface area contributed by atoms with Gasteiger partial charge in [0.1, 0.15) is 0 Å². The maximum absolute atomic E-state index is 13.1. The van der Waals surface area contributed by atoms with Crippen LogP contribution in [-0.2, 0) is 6.54 Å². The van der Waals surface area contributed by atoms with Crippen LogP contribution in [-0.4, -0.2) is 36.1 Å². The lowest BCUT2D eigenvalue weighted by Gasteiger charge is -2.44. The van der Waals surface area contributed by atoms with Gasteiger partial charge in [0.05, 0.1) is 11.4 Å². The zero-order chi connectivity index (χ0) is 29.1. The number of halogens is 1. The van der Waals surface area contributed by atoms with E-state index in [2.05, 4.69) is 26.9 Å². The van der Waals surface area contributed by atoms with Crippen molar-refractivity contribution < 1.29 is 9.59 Å². The van der Waals surface area contributed by atoms with Crippen LogP contribution in [0.25, 0.3) is 0 Å². The molecule has 3 heterocycles. The van der Waals surface area contributed by atoms with Gasteiger partial charge in [-0.15, -0.1) is 0 Å². The van der Waals surface area contributed by atoms with Gasteiger partial charge in [0.15, 0.2) is 0 Å². The molecule has 2 aromatic carbocycles. The number of nitrogens with zero attached hydrogens (tertiary/aromatic N) is 2. The van der Waals surface area contributed by atoms with E-state index in [-0.39, 0.29) is 17.4 Å². The minimum atomic E-state index is -0.408. The van der Waals surface area contributed by atoms with Crippen molar-refractivity contribution in [2.75, 3.05) is 35.2 Å². The van der Waals surface area contributed by atoms with Crippen molar-refractivity contribution in [3.8, 4) is 0 Å². The van der Waals surface area contributed by atoms with Crippen LogP contribution in [0.4, 0.5) is 21.9 Å². The molecule has 1 fully saturated rings. The molecule has 8 nitrogen and oxygen atoms in total. The molecule has 3 N–H and O–H groups in total. The quantitative estimate of drug-likeness (QED) is 0.280. The van der Waals surface area contributed by atoms with Gasteiger partial charge in [-0.2, -0.15) is 0 Å². The fourth-order valence-electron chi connectivity index (χ4n) is 6.53. The van der Waals surface area contributed by atoms with Crippen molar-refractivity contribution in [3.05, 3.63) is 98.9 Å². The summed E-state index contributed by atoms with van der Waals surface area (Å²) in [5.41, 5.74) is 5.04. The summed E-state index contributed by atoms with van der Waals surface area (Å²) in [5.74, 6) is 0.353. The third-order valence-electron chi connectivity index (χ3n) is 8.55. The first-order valence-electron chi connectivity index (χ1n) is 14.8. The highest BCUT2D eigenvalue weighted by atomic mass is 35.5. The molecule has 0 unspecified atom stereocenters. The molecule has 1 saturated heterocycles. The molecule has 6 rings (SSSR count). The van der Waals surface area contributed by atoms with Gasteiger partial charge in [-0.1, -0.05) is 29.3 Å². The highest BCUT2D eigenvalue weighted by molar-refractivity contribution is 6.30. The number of amides is 3. The SMILES string of the molecule is O=C(Nc1ccc(Cl)cc1)Nc1cc(C(=O)NCCC2=CCCCC2)ccc1N1C[C@H]2C[C@@H](C1)c1cccc(=O)n1C2. The predicted octanol–water partition coefficient (Wildman–Crippen LogP) is 6.39. The lowest BCUT2D eigenvalue weighted by atomic mass is 9.83. The molecule has 9 heteroatoms. The molecule has 42 heavy (non-hydrogen) atoms. The Kier molecular flexibility index (Phi) is 8.33. The van der Waals surface area contributed by atoms with E-state index in [4.69, 9.17) is 11.6 Å². The minimum absolute atomic E-state index is 0.0482. The zero-order valence-electron chi connectivity index (χ0n) is 23.6. The van der Waals surface area contributed by atoms with Crippen molar-refractivity contribution in [3.63, 3.8) is 0 Å². The fraction of sp³-hybridized carbons (Fsp3) is 0.364. The van der Waals surface area contributed by atoms with Gasteiger partial charge >= 0.3 is 6.03 Å².